The lowest BCUT2D eigenvalue weighted by Crippen LogP contribution is -2.58. The van der Waals surface area contributed by atoms with Crippen LogP contribution in [0.4, 0.5) is 0 Å². The SMILES string of the molecule is CCN1CCC2(CC1)OC[C@@H](C(=O)O)N2C(=O)c1ccccc1Cl. The molecule has 0 radical (unpaired) electrons. The lowest BCUT2D eigenvalue weighted by molar-refractivity contribution is -0.143. The molecule has 1 N–H and O–H groups in total. The lowest BCUT2D eigenvalue weighted by Gasteiger charge is -2.44. The van der Waals surface area contributed by atoms with Crippen LogP contribution in [-0.4, -0.2) is 64.8 Å². The van der Waals surface area contributed by atoms with Gasteiger partial charge >= 0.3 is 5.97 Å². The van der Waals surface area contributed by atoms with Crippen LogP contribution in [0, 0.1) is 0 Å². The molecule has 7 heteroatoms. The van der Waals surface area contributed by atoms with E-state index in [1.165, 1.54) is 4.90 Å². The van der Waals surface area contributed by atoms with Crippen molar-refractivity contribution in [1.29, 1.82) is 0 Å². The lowest BCUT2D eigenvalue weighted by atomic mass is 9.96. The van der Waals surface area contributed by atoms with Gasteiger partial charge in [0.2, 0.25) is 0 Å². The van der Waals surface area contributed by atoms with E-state index in [0.717, 1.165) is 19.6 Å². The quantitative estimate of drug-likeness (QED) is 0.901. The van der Waals surface area contributed by atoms with Crippen molar-refractivity contribution >= 4 is 23.5 Å². The van der Waals surface area contributed by atoms with Crippen molar-refractivity contribution in [2.24, 2.45) is 0 Å². The van der Waals surface area contributed by atoms with Crippen molar-refractivity contribution in [2.45, 2.75) is 31.5 Å². The van der Waals surface area contributed by atoms with Gasteiger partial charge in [0.25, 0.3) is 5.91 Å². The molecule has 6 nitrogen and oxygen atoms in total. The van der Waals surface area contributed by atoms with E-state index >= 15 is 0 Å². The average Bonchev–Trinajstić information content (AvgIpc) is 2.94. The smallest absolute Gasteiger partial charge is 0.328 e. The van der Waals surface area contributed by atoms with Gasteiger partial charge < -0.3 is 14.7 Å². The number of amides is 1. The number of halogens is 1. The Hall–Kier alpha value is -1.63. The van der Waals surface area contributed by atoms with E-state index in [2.05, 4.69) is 11.8 Å². The van der Waals surface area contributed by atoms with Gasteiger partial charge in [-0.3, -0.25) is 9.69 Å². The Morgan fingerprint density at radius 1 is 1.33 bits per heavy atom. The largest absolute Gasteiger partial charge is 0.480 e. The predicted octanol–water partition coefficient (Wildman–Crippen LogP) is 2.08. The van der Waals surface area contributed by atoms with Crippen molar-refractivity contribution < 1.29 is 19.4 Å². The molecule has 0 aromatic heterocycles. The third-order valence-electron chi connectivity index (χ3n) is 4.95. The van der Waals surface area contributed by atoms with Crippen LogP contribution in [0.25, 0.3) is 0 Å². The topological polar surface area (TPSA) is 70.1 Å². The minimum Gasteiger partial charge on any atom is -0.480 e. The first-order valence-electron chi connectivity index (χ1n) is 8.16. The summed E-state index contributed by atoms with van der Waals surface area (Å²) in [5.41, 5.74) is -0.543. The molecule has 0 aliphatic carbocycles. The molecule has 0 bridgehead atoms. The summed E-state index contributed by atoms with van der Waals surface area (Å²) in [4.78, 5) is 28.4. The highest BCUT2D eigenvalue weighted by atomic mass is 35.5. The second-order valence-electron chi connectivity index (χ2n) is 6.20. The molecule has 0 unspecified atom stereocenters. The van der Waals surface area contributed by atoms with E-state index in [1.807, 2.05) is 0 Å². The van der Waals surface area contributed by atoms with E-state index in [0.29, 0.717) is 23.4 Å². The Balaban J connectivity index is 1.94. The molecular weight excluding hydrogens is 332 g/mol. The number of hydrogen-bond acceptors (Lipinski definition) is 4. The number of nitrogens with zero attached hydrogens (tertiary/aromatic N) is 2. The maximum Gasteiger partial charge on any atom is 0.328 e. The molecule has 2 aliphatic heterocycles. The minimum atomic E-state index is -1.05. The molecule has 1 amide bonds. The second kappa shape index (κ2) is 6.70. The first-order chi connectivity index (χ1) is 11.5. The fourth-order valence-electron chi connectivity index (χ4n) is 3.54. The van der Waals surface area contributed by atoms with Gasteiger partial charge in [0.1, 0.15) is 5.72 Å². The number of carbonyl (C=O) groups excluding carboxylic acids is 1. The van der Waals surface area contributed by atoms with E-state index in [1.54, 1.807) is 24.3 Å². The molecule has 2 saturated heterocycles. The molecule has 1 aromatic carbocycles. The molecule has 24 heavy (non-hydrogen) atoms. The van der Waals surface area contributed by atoms with Gasteiger partial charge in [-0.25, -0.2) is 4.79 Å². The van der Waals surface area contributed by atoms with E-state index < -0.39 is 17.7 Å². The molecule has 2 aliphatic rings. The molecule has 1 aromatic rings. The molecule has 1 spiro atoms. The van der Waals surface area contributed by atoms with Crippen molar-refractivity contribution in [3.63, 3.8) is 0 Å². The van der Waals surface area contributed by atoms with Crippen LogP contribution >= 0.6 is 11.6 Å². The van der Waals surface area contributed by atoms with Gasteiger partial charge in [0, 0.05) is 25.9 Å². The number of carbonyl (C=O) groups is 2. The zero-order valence-corrected chi connectivity index (χ0v) is 14.3. The summed E-state index contributed by atoms with van der Waals surface area (Å²) >= 11 is 6.15. The Labute approximate surface area is 145 Å². The van der Waals surface area contributed by atoms with Gasteiger partial charge in [0.15, 0.2) is 6.04 Å². The van der Waals surface area contributed by atoms with Gasteiger partial charge in [-0.05, 0) is 18.7 Å². The van der Waals surface area contributed by atoms with Crippen LogP contribution in [0.2, 0.25) is 5.02 Å². The van der Waals surface area contributed by atoms with Crippen LogP contribution in [0.1, 0.15) is 30.1 Å². The number of likely N-dealkylation sites (tertiary alicyclic amines) is 1. The third kappa shape index (κ3) is 2.90. The molecule has 130 valence electrons. The van der Waals surface area contributed by atoms with Crippen LogP contribution in [0.3, 0.4) is 0 Å². The zero-order valence-electron chi connectivity index (χ0n) is 13.6. The molecule has 1 atom stereocenters. The zero-order chi connectivity index (χ0) is 17.3. The first kappa shape index (κ1) is 17.2. The number of benzene rings is 1. The monoisotopic (exact) mass is 352 g/mol. The third-order valence-corrected chi connectivity index (χ3v) is 5.28. The summed E-state index contributed by atoms with van der Waals surface area (Å²) in [5.74, 6) is -1.43. The molecule has 0 saturated carbocycles. The number of hydrogen-bond donors (Lipinski definition) is 1. The van der Waals surface area contributed by atoms with Crippen molar-refractivity contribution in [1.82, 2.24) is 9.80 Å². The van der Waals surface area contributed by atoms with Gasteiger partial charge in [-0.1, -0.05) is 30.7 Å². The number of ether oxygens (including phenoxy) is 1. The molecule has 3 rings (SSSR count). The Bertz CT molecular complexity index is 643. The van der Waals surface area contributed by atoms with Crippen molar-refractivity contribution in [3.05, 3.63) is 34.9 Å². The maximum atomic E-state index is 13.1. The van der Waals surface area contributed by atoms with Crippen LogP contribution in [0.5, 0.6) is 0 Å². The van der Waals surface area contributed by atoms with Crippen LogP contribution in [0.15, 0.2) is 24.3 Å². The second-order valence-corrected chi connectivity index (χ2v) is 6.61. The van der Waals surface area contributed by atoms with E-state index in [4.69, 9.17) is 16.3 Å². The van der Waals surface area contributed by atoms with Crippen LogP contribution < -0.4 is 0 Å². The highest BCUT2D eigenvalue weighted by molar-refractivity contribution is 6.33. The summed E-state index contributed by atoms with van der Waals surface area (Å²) in [7, 11) is 0. The van der Waals surface area contributed by atoms with Crippen molar-refractivity contribution in [2.75, 3.05) is 26.2 Å². The fraction of sp³-hybridized carbons (Fsp3) is 0.529. The first-order valence-corrected chi connectivity index (χ1v) is 8.53. The predicted molar refractivity (Wildman–Crippen MR) is 89.1 cm³/mol. The Morgan fingerprint density at radius 3 is 2.58 bits per heavy atom. The summed E-state index contributed by atoms with van der Waals surface area (Å²) in [6, 6.07) is 5.73. The van der Waals surface area contributed by atoms with E-state index in [9.17, 15) is 14.7 Å². The normalized spacial score (nSPS) is 23.6. The van der Waals surface area contributed by atoms with Gasteiger partial charge in [0.05, 0.1) is 17.2 Å². The number of carboxylic acid groups (broad SMARTS) is 1. The number of carboxylic acids is 1. The van der Waals surface area contributed by atoms with Crippen LogP contribution in [-0.2, 0) is 9.53 Å². The fourth-order valence-corrected chi connectivity index (χ4v) is 3.76. The molecular formula is C17H21ClN2O4. The molecule has 2 heterocycles. The summed E-state index contributed by atoms with van der Waals surface area (Å²) < 4.78 is 5.90. The summed E-state index contributed by atoms with van der Waals surface area (Å²) in [5, 5.41) is 9.86. The van der Waals surface area contributed by atoms with Gasteiger partial charge in [-0.15, -0.1) is 0 Å². The summed E-state index contributed by atoms with van der Waals surface area (Å²) in [6.45, 7) is 4.57. The van der Waals surface area contributed by atoms with E-state index in [-0.39, 0.29) is 12.5 Å². The number of aliphatic carboxylic acids is 1. The number of piperidine rings is 1. The Morgan fingerprint density at radius 2 is 2.00 bits per heavy atom. The van der Waals surface area contributed by atoms with Crippen molar-refractivity contribution in [3.8, 4) is 0 Å². The standard InChI is InChI=1S/C17H21ClN2O4/c1-2-19-9-7-17(8-10-19)20(14(11-24-17)16(22)23)15(21)12-5-3-4-6-13(12)18/h3-6,14H,2,7-11H2,1H3,(H,22,23)/t14-/m0/s1. The Kier molecular flexibility index (Phi) is 4.80. The highest BCUT2D eigenvalue weighted by Crippen LogP contribution is 2.39. The summed E-state index contributed by atoms with van der Waals surface area (Å²) in [6.07, 6.45) is 1.20. The van der Waals surface area contributed by atoms with Gasteiger partial charge in [-0.2, -0.15) is 0 Å². The minimum absolute atomic E-state index is 0.0116. The molecule has 2 fully saturated rings. The highest BCUT2D eigenvalue weighted by Gasteiger charge is 2.54. The number of rotatable bonds is 3. The maximum absolute atomic E-state index is 13.1. The average molecular weight is 353 g/mol.